The number of rotatable bonds is 5. The number of ether oxygens (including phenoxy) is 1. The van der Waals surface area contributed by atoms with Crippen molar-refractivity contribution >= 4 is 30.1 Å². The van der Waals surface area contributed by atoms with Crippen LogP contribution >= 0.6 is 0 Å². The maximum Gasteiger partial charge on any atom is 0.252 e. The van der Waals surface area contributed by atoms with Gasteiger partial charge < -0.3 is 25.2 Å². The fourth-order valence-corrected chi connectivity index (χ4v) is 3.92. The molecule has 3 N–H and O–H groups in total. The van der Waals surface area contributed by atoms with E-state index in [-0.39, 0.29) is 12.9 Å². The van der Waals surface area contributed by atoms with Crippen molar-refractivity contribution < 1.29 is 21.2 Å². The third-order valence-electron chi connectivity index (χ3n) is 7.63. The molecule has 2 aromatic carbocycles. The number of amides is 1. The zero-order valence-electron chi connectivity index (χ0n) is 24.3. The quantitative estimate of drug-likeness (QED) is 0.432. The van der Waals surface area contributed by atoms with E-state index in [2.05, 4.69) is 22.2 Å². The average molecular weight is 534 g/mol. The van der Waals surface area contributed by atoms with E-state index in [1.165, 1.54) is 19.5 Å². The van der Waals surface area contributed by atoms with Crippen LogP contribution in [0, 0.1) is 6.92 Å². The summed E-state index contributed by atoms with van der Waals surface area (Å²) in [6, 6.07) is 13.3. The molecule has 2 aliphatic rings. The summed E-state index contributed by atoms with van der Waals surface area (Å²) >= 11 is 0. The van der Waals surface area contributed by atoms with Crippen LogP contribution in [0.1, 0.15) is 69.9 Å². The number of likely N-dealkylation sites (tertiary alicyclic amines) is 1. The maximum atomic E-state index is 13.0. The average Bonchev–Trinajstić information content (AvgIpc) is 3.62. The van der Waals surface area contributed by atoms with Gasteiger partial charge in [0.2, 0.25) is 0 Å². The van der Waals surface area contributed by atoms with Crippen molar-refractivity contribution in [2.75, 3.05) is 27.2 Å². The molecule has 3 aromatic rings. The lowest BCUT2D eigenvalue weighted by atomic mass is 9.88. The number of nitrogens with one attached hydrogen (secondary N) is 1. The first-order valence-electron chi connectivity index (χ1n) is 13.4. The topological polar surface area (TPSA) is 94.9 Å². The lowest BCUT2D eigenvalue weighted by Gasteiger charge is -2.31. The molecule has 2 radical (unpaired) electrons. The normalized spacial score (nSPS) is 16.1. The summed E-state index contributed by atoms with van der Waals surface area (Å²) in [5.41, 5.74) is 1.68. The molecule has 1 aliphatic carbocycles. The number of aryl methyl sites for hydroxylation is 1. The monoisotopic (exact) mass is 533 g/mol. The second-order valence-electron chi connectivity index (χ2n) is 11.6. The minimum Gasteiger partial charge on any atom is -0.497 e. The van der Waals surface area contributed by atoms with E-state index in [1.54, 1.807) is 47.1 Å². The molecule has 1 aromatic heterocycles. The zero-order valence-corrected chi connectivity index (χ0v) is 24.3. The molecule has 210 valence electrons. The highest BCUT2D eigenvalue weighted by Crippen LogP contribution is 2.47. The molecule has 1 aliphatic heterocycles. The number of benzene rings is 2. The summed E-state index contributed by atoms with van der Waals surface area (Å²) in [6.07, 6.45) is 4.93. The van der Waals surface area contributed by atoms with Gasteiger partial charge in [0.15, 0.2) is 0 Å². The number of carbonyl (C=O) groups is 1. The van der Waals surface area contributed by atoms with E-state index in [4.69, 9.17) is 22.8 Å². The Labute approximate surface area is 235 Å². The maximum absolute atomic E-state index is 13.0. The van der Waals surface area contributed by atoms with Gasteiger partial charge in [0.05, 0.1) is 29.4 Å². The Kier molecular flexibility index (Phi) is 9.47. The van der Waals surface area contributed by atoms with Gasteiger partial charge >= 0.3 is 0 Å². The molecule has 1 saturated carbocycles. The molecule has 2 heterocycles. The Balaban J connectivity index is 0.000000333. The van der Waals surface area contributed by atoms with Crippen LogP contribution in [-0.2, 0) is 5.54 Å². The summed E-state index contributed by atoms with van der Waals surface area (Å²) in [4.78, 5) is 19.7. The van der Waals surface area contributed by atoms with Crippen molar-refractivity contribution in [3.63, 3.8) is 0 Å². The number of fused-ring (bicyclic) bond motifs is 1. The molecule has 7 nitrogen and oxygen atoms in total. The smallest absolute Gasteiger partial charge is 0.252 e. The van der Waals surface area contributed by atoms with Crippen molar-refractivity contribution in [1.82, 2.24) is 15.2 Å². The van der Waals surface area contributed by atoms with Crippen molar-refractivity contribution in [2.24, 2.45) is 0 Å². The van der Waals surface area contributed by atoms with E-state index >= 15 is 0 Å². The van der Waals surface area contributed by atoms with E-state index in [0.717, 1.165) is 34.9 Å². The second-order valence-corrected chi connectivity index (χ2v) is 11.6. The summed E-state index contributed by atoms with van der Waals surface area (Å²) in [7, 11) is 9.82. The summed E-state index contributed by atoms with van der Waals surface area (Å²) in [5.74, 6) is 0.572. The van der Waals surface area contributed by atoms with Gasteiger partial charge in [0.1, 0.15) is 13.6 Å². The van der Waals surface area contributed by atoms with Crippen molar-refractivity contribution in [2.45, 2.75) is 70.6 Å². The highest BCUT2D eigenvalue weighted by molar-refractivity contribution is 6.33. The first kappa shape index (κ1) is 30.6. The molecule has 1 saturated heterocycles. The first-order chi connectivity index (χ1) is 18.2. The number of hydrogen-bond donors (Lipinski definition) is 3. The van der Waals surface area contributed by atoms with Crippen LogP contribution in [0.2, 0.25) is 0 Å². The molecule has 0 spiro atoms. The van der Waals surface area contributed by atoms with E-state index in [9.17, 15) is 4.79 Å². The van der Waals surface area contributed by atoms with Crippen LogP contribution in [0.4, 0.5) is 0 Å². The molecule has 0 bridgehead atoms. The summed E-state index contributed by atoms with van der Waals surface area (Å²) in [5, 5.41) is 22.5. The van der Waals surface area contributed by atoms with Crippen molar-refractivity contribution in [1.29, 1.82) is 0 Å². The zero-order chi connectivity index (χ0) is 29.0. The lowest BCUT2D eigenvalue weighted by molar-refractivity contribution is -0.107. The van der Waals surface area contributed by atoms with Gasteiger partial charge in [-0.2, -0.15) is 0 Å². The van der Waals surface area contributed by atoms with Gasteiger partial charge in [0, 0.05) is 18.6 Å². The van der Waals surface area contributed by atoms with Gasteiger partial charge in [-0.05, 0) is 109 Å². The number of hydrogen-bond acceptors (Lipinski definition) is 6. The molecule has 8 heteroatoms. The first-order valence-corrected chi connectivity index (χ1v) is 13.4. The van der Waals surface area contributed by atoms with Crippen LogP contribution in [0.15, 0.2) is 48.7 Å². The number of pyridine rings is 1. The lowest BCUT2D eigenvalue weighted by Crippen LogP contribution is -2.44. The Morgan fingerprint density at radius 2 is 1.72 bits per heavy atom. The second kappa shape index (κ2) is 12.1. The minimum absolute atomic E-state index is 0. The van der Waals surface area contributed by atoms with Gasteiger partial charge in [0.25, 0.3) is 5.91 Å². The highest BCUT2D eigenvalue weighted by atomic mass is 16.5. The van der Waals surface area contributed by atoms with Crippen LogP contribution in [0.3, 0.4) is 0 Å². The Morgan fingerprint density at radius 1 is 1.10 bits per heavy atom. The standard InChI is InChI=1S/C21H19BN2O2.C6H14O2.C4H9N.H2/c1-13-5-6-15(26-2)12-17(13)20(25)24-21(7-8-21)18-10-14(22)11-19-16(18)4-3-9-23-19;1-5(2,7)6(3,4)8;1-5-3-2-4-5;/h3-6,9-12H,7-8H2,1-2H3,(H,24,25);7-8H,1-4H3;2-4H2,1H3;1H. The molecule has 1 amide bonds. The van der Waals surface area contributed by atoms with Crippen molar-refractivity contribution in [3.05, 3.63) is 65.4 Å². The molecule has 5 rings (SSSR count). The van der Waals surface area contributed by atoms with Gasteiger partial charge in [-0.3, -0.25) is 9.78 Å². The largest absolute Gasteiger partial charge is 0.497 e. The number of aromatic nitrogens is 1. The van der Waals surface area contributed by atoms with E-state index in [1.807, 2.05) is 43.3 Å². The summed E-state index contributed by atoms with van der Waals surface area (Å²) in [6.45, 7) is 10.9. The Bertz CT molecular complexity index is 1280. The number of nitrogens with zero attached hydrogens (tertiary/aromatic N) is 2. The van der Waals surface area contributed by atoms with Crippen molar-refractivity contribution in [3.8, 4) is 5.75 Å². The SMILES string of the molecule is CC(C)(O)C(C)(C)O.CN1CCC1.[B]c1cc(C2(NC(=O)c3cc(OC)ccc3C)CC2)c2cccnc2c1.[HH]. The van der Waals surface area contributed by atoms with Crippen LogP contribution < -0.4 is 15.5 Å². The molecule has 2 fully saturated rings. The van der Waals surface area contributed by atoms with Gasteiger partial charge in [-0.15, -0.1) is 0 Å². The van der Waals surface area contributed by atoms with Crippen LogP contribution in [0.5, 0.6) is 5.75 Å². The third-order valence-corrected chi connectivity index (χ3v) is 7.63. The van der Waals surface area contributed by atoms with Gasteiger partial charge in [-0.1, -0.05) is 23.7 Å². The predicted octanol–water partition coefficient (Wildman–Crippen LogP) is 3.86. The Morgan fingerprint density at radius 3 is 2.21 bits per heavy atom. The van der Waals surface area contributed by atoms with E-state index in [0.29, 0.717) is 16.8 Å². The number of carbonyl (C=O) groups excluding carboxylic acids is 1. The molecule has 0 atom stereocenters. The Hall–Kier alpha value is -2.94. The molecule has 0 unspecified atom stereocenters. The molecule has 39 heavy (non-hydrogen) atoms. The number of aliphatic hydroxyl groups is 2. The summed E-state index contributed by atoms with van der Waals surface area (Å²) < 4.78 is 5.26. The van der Waals surface area contributed by atoms with Gasteiger partial charge in [-0.25, -0.2) is 0 Å². The minimum atomic E-state index is -1.01. The van der Waals surface area contributed by atoms with E-state index < -0.39 is 11.2 Å². The molecular weight excluding hydrogens is 489 g/mol. The number of methoxy groups -OCH3 is 1. The third kappa shape index (κ3) is 7.81. The highest BCUT2D eigenvalue weighted by Gasteiger charge is 2.47. The molecular formula is C31H44BN3O4. The predicted molar refractivity (Wildman–Crippen MR) is 160 cm³/mol. The van der Waals surface area contributed by atoms with Crippen LogP contribution in [0.25, 0.3) is 10.9 Å². The fourth-order valence-electron chi connectivity index (χ4n) is 3.92. The van der Waals surface area contributed by atoms with Crippen LogP contribution in [-0.4, -0.2) is 72.3 Å². The fraction of sp³-hybridized carbons (Fsp3) is 0.484.